The van der Waals surface area contributed by atoms with Gasteiger partial charge in [0, 0.05) is 20.4 Å². The van der Waals surface area contributed by atoms with E-state index in [9.17, 15) is 9.59 Å². The van der Waals surface area contributed by atoms with E-state index in [1.165, 1.54) is 6.92 Å². The van der Waals surface area contributed by atoms with E-state index in [1.807, 2.05) is 6.92 Å². The van der Waals surface area contributed by atoms with Crippen molar-refractivity contribution in [1.82, 2.24) is 15.1 Å². The van der Waals surface area contributed by atoms with Gasteiger partial charge in [0.15, 0.2) is 0 Å². The predicted octanol–water partition coefficient (Wildman–Crippen LogP) is 0.768. The molecule has 0 saturated carbocycles. The van der Waals surface area contributed by atoms with Crippen molar-refractivity contribution in [3.05, 3.63) is 16.4 Å². The Morgan fingerprint density at radius 2 is 2.17 bits per heavy atom. The Balaban J connectivity index is 2.97. The number of hydrogen-bond donors (Lipinski definition) is 2. The second-order valence-electron chi connectivity index (χ2n) is 3.98. The Labute approximate surface area is 110 Å². The van der Waals surface area contributed by atoms with Crippen molar-refractivity contribution in [2.24, 2.45) is 7.05 Å². The van der Waals surface area contributed by atoms with E-state index < -0.39 is 17.9 Å². The number of nitrogens with zero attached hydrogens (tertiary/aromatic N) is 2. The summed E-state index contributed by atoms with van der Waals surface area (Å²) < 4.78 is 1.55. The van der Waals surface area contributed by atoms with Crippen LogP contribution in [-0.4, -0.2) is 32.8 Å². The number of aromatic nitrogens is 2. The van der Waals surface area contributed by atoms with Crippen molar-refractivity contribution >= 4 is 23.5 Å². The third kappa shape index (κ3) is 3.22. The molecule has 0 fully saturated rings. The van der Waals surface area contributed by atoms with Crippen molar-refractivity contribution in [1.29, 1.82) is 0 Å². The van der Waals surface area contributed by atoms with E-state index in [1.54, 1.807) is 11.7 Å². The Hall–Kier alpha value is -1.56. The van der Waals surface area contributed by atoms with Gasteiger partial charge >= 0.3 is 5.97 Å². The van der Waals surface area contributed by atoms with Gasteiger partial charge in [-0.05, 0) is 6.42 Å². The summed E-state index contributed by atoms with van der Waals surface area (Å²) in [5.74, 6) is -1.49. The third-order valence-corrected chi connectivity index (χ3v) is 3.01. The smallest absolute Gasteiger partial charge is 0.326 e. The molecular weight excluding hydrogens is 258 g/mol. The van der Waals surface area contributed by atoms with Gasteiger partial charge in [0.25, 0.3) is 0 Å². The topological polar surface area (TPSA) is 84.2 Å². The molecule has 1 aromatic heterocycles. The number of rotatable bonds is 5. The number of carbonyl (C=O) groups excluding carboxylic acids is 1. The van der Waals surface area contributed by atoms with E-state index in [-0.39, 0.29) is 6.42 Å². The van der Waals surface area contributed by atoms with Gasteiger partial charge in [0.05, 0.1) is 16.4 Å². The highest BCUT2D eigenvalue weighted by atomic mass is 35.5. The Bertz CT molecular complexity index is 470. The Morgan fingerprint density at radius 3 is 2.56 bits per heavy atom. The van der Waals surface area contributed by atoms with E-state index in [0.717, 1.165) is 5.69 Å². The lowest BCUT2D eigenvalue weighted by atomic mass is 10.1. The maximum atomic E-state index is 11.1. The molecule has 0 radical (unpaired) electrons. The molecular formula is C11H16ClN3O3. The molecule has 0 saturated heterocycles. The summed E-state index contributed by atoms with van der Waals surface area (Å²) in [5, 5.41) is 16.1. The van der Waals surface area contributed by atoms with Crippen LogP contribution >= 0.6 is 11.6 Å². The molecule has 1 aromatic rings. The number of nitrogens with one attached hydrogen (secondary N) is 1. The van der Waals surface area contributed by atoms with Crippen LogP contribution in [0.2, 0.25) is 5.02 Å². The van der Waals surface area contributed by atoms with Gasteiger partial charge < -0.3 is 10.4 Å². The van der Waals surface area contributed by atoms with Crippen LogP contribution in [0.15, 0.2) is 0 Å². The van der Waals surface area contributed by atoms with Crippen LogP contribution in [0.5, 0.6) is 0 Å². The van der Waals surface area contributed by atoms with Crippen LogP contribution in [0.4, 0.5) is 0 Å². The largest absolute Gasteiger partial charge is 0.480 e. The second-order valence-corrected chi connectivity index (χ2v) is 4.36. The maximum Gasteiger partial charge on any atom is 0.326 e. The summed E-state index contributed by atoms with van der Waals surface area (Å²) in [6.07, 6.45) is 0.780. The highest BCUT2D eigenvalue weighted by Crippen LogP contribution is 2.22. The standard InChI is InChI=1S/C11H16ClN3O3/c1-4-7-10(12)9(15(3)14-7)5-8(11(17)18)13-6(2)16/h8H,4-5H2,1-3H3,(H,13,16)(H,17,18). The highest BCUT2D eigenvalue weighted by molar-refractivity contribution is 6.31. The van der Waals surface area contributed by atoms with Gasteiger partial charge in [-0.1, -0.05) is 18.5 Å². The van der Waals surface area contributed by atoms with E-state index >= 15 is 0 Å². The summed E-state index contributed by atoms with van der Waals surface area (Å²) in [6, 6.07) is -1.000. The quantitative estimate of drug-likeness (QED) is 0.830. The monoisotopic (exact) mass is 273 g/mol. The van der Waals surface area contributed by atoms with E-state index in [0.29, 0.717) is 17.1 Å². The van der Waals surface area contributed by atoms with Crippen LogP contribution in [-0.2, 0) is 29.5 Å². The Kier molecular flexibility index (Phi) is 4.72. The molecule has 100 valence electrons. The lowest BCUT2D eigenvalue weighted by molar-refractivity contribution is -0.141. The van der Waals surface area contributed by atoms with Crippen LogP contribution in [0.3, 0.4) is 0 Å². The summed E-state index contributed by atoms with van der Waals surface area (Å²) in [4.78, 5) is 22.0. The summed E-state index contributed by atoms with van der Waals surface area (Å²) in [5.41, 5.74) is 1.33. The molecule has 1 heterocycles. The first-order valence-corrected chi connectivity index (χ1v) is 5.94. The number of carboxylic acids is 1. The predicted molar refractivity (Wildman–Crippen MR) is 66.5 cm³/mol. The van der Waals surface area contributed by atoms with Gasteiger partial charge in [-0.2, -0.15) is 5.10 Å². The molecule has 1 atom stereocenters. The normalized spacial score (nSPS) is 12.2. The minimum atomic E-state index is -1.10. The van der Waals surface area contributed by atoms with Crippen LogP contribution in [0.25, 0.3) is 0 Å². The van der Waals surface area contributed by atoms with Crippen molar-refractivity contribution in [2.75, 3.05) is 0 Å². The molecule has 0 bridgehead atoms. The maximum absolute atomic E-state index is 11.1. The fourth-order valence-corrected chi connectivity index (χ4v) is 2.05. The number of aryl methyl sites for hydroxylation is 2. The van der Waals surface area contributed by atoms with Gasteiger partial charge in [-0.25, -0.2) is 4.79 Å². The zero-order valence-electron chi connectivity index (χ0n) is 10.5. The fraction of sp³-hybridized carbons (Fsp3) is 0.545. The zero-order chi connectivity index (χ0) is 13.9. The molecule has 7 heteroatoms. The highest BCUT2D eigenvalue weighted by Gasteiger charge is 2.23. The first-order chi connectivity index (χ1) is 8.36. The van der Waals surface area contributed by atoms with Crippen molar-refractivity contribution in [3.8, 4) is 0 Å². The van der Waals surface area contributed by atoms with Crippen molar-refractivity contribution in [2.45, 2.75) is 32.7 Å². The van der Waals surface area contributed by atoms with Crippen LogP contribution < -0.4 is 5.32 Å². The number of carbonyl (C=O) groups is 2. The summed E-state index contributed by atoms with van der Waals surface area (Å²) >= 11 is 6.13. The molecule has 18 heavy (non-hydrogen) atoms. The number of carboxylic acid groups (broad SMARTS) is 1. The molecule has 0 aromatic carbocycles. The zero-order valence-corrected chi connectivity index (χ0v) is 11.3. The van der Waals surface area contributed by atoms with Crippen molar-refractivity contribution in [3.63, 3.8) is 0 Å². The number of amides is 1. The van der Waals surface area contributed by atoms with Gasteiger partial charge in [0.1, 0.15) is 6.04 Å². The first kappa shape index (κ1) is 14.5. The molecule has 2 N–H and O–H groups in total. The first-order valence-electron chi connectivity index (χ1n) is 5.57. The molecule has 1 rings (SSSR count). The average Bonchev–Trinajstić information content (AvgIpc) is 2.54. The van der Waals surface area contributed by atoms with Crippen LogP contribution in [0.1, 0.15) is 25.2 Å². The molecule has 0 aliphatic carbocycles. The second kappa shape index (κ2) is 5.86. The minimum Gasteiger partial charge on any atom is -0.480 e. The molecule has 6 nitrogen and oxygen atoms in total. The minimum absolute atomic E-state index is 0.108. The molecule has 0 spiro atoms. The SMILES string of the molecule is CCc1nn(C)c(CC(NC(C)=O)C(=O)O)c1Cl. The van der Waals surface area contributed by atoms with Gasteiger partial charge in [-0.15, -0.1) is 0 Å². The molecule has 0 aliphatic rings. The molecule has 1 amide bonds. The average molecular weight is 274 g/mol. The number of halogens is 1. The van der Waals surface area contributed by atoms with Crippen molar-refractivity contribution < 1.29 is 14.7 Å². The lowest BCUT2D eigenvalue weighted by Crippen LogP contribution is -2.41. The van der Waals surface area contributed by atoms with Gasteiger partial charge in [-0.3, -0.25) is 9.48 Å². The third-order valence-electron chi connectivity index (χ3n) is 2.58. The van der Waals surface area contributed by atoms with Gasteiger partial charge in [0.2, 0.25) is 5.91 Å². The number of hydrogen-bond acceptors (Lipinski definition) is 3. The van der Waals surface area contributed by atoms with E-state index in [4.69, 9.17) is 16.7 Å². The van der Waals surface area contributed by atoms with E-state index in [2.05, 4.69) is 10.4 Å². The molecule has 1 unspecified atom stereocenters. The summed E-state index contributed by atoms with van der Waals surface area (Å²) in [7, 11) is 1.70. The fourth-order valence-electron chi connectivity index (χ4n) is 1.68. The lowest BCUT2D eigenvalue weighted by Gasteiger charge is -2.13. The number of aliphatic carboxylic acids is 1. The van der Waals surface area contributed by atoms with Crippen LogP contribution in [0, 0.1) is 0 Å². The summed E-state index contributed by atoms with van der Waals surface area (Å²) in [6.45, 7) is 3.19. The molecule has 0 aliphatic heterocycles. The Morgan fingerprint density at radius 1 is 1.56 bits per heavy atom.